The molecule has 0 aliphatic rings. The van der Waals surface area contributed by atoms with E-state index in [-0.39, 0.29) is 0 Å². The minimum Gasteiger partial charge on any atom is -0.370 e. The highest BCUT2D eigenvalue weighted by molar-refractivity contribution is 9.10. The lowest BCUT2D eigenvalue weighted by Crippen LogP contribution is -2.05. The molecule has 2 rings (SSSR count). The molecule has 0 fully saturated rings. The number of halogens is 1. The maximum atomic E-state index is 4.30. The summed E-state index contributed by atoms with van der Waals surface area (Å²) in [5.41, 5.74) is 3.21. The molecule has 2 N–H and O–H groups in total. The Kier molecular flexibility index (Phi) is 4.37. The number of anilines is 3. The number of hydrogen-bond acceptors (Lipinski definition) is 4. The van der Waals surface area contributed by atoms with Gasteiger partial charge in [0.1, 0.15) is 18.0 Å². The van der Waals surface area contributed by atoms with Crippen molar-refractivity contribution in [3.05, 3.63) is 40.1 Å². The van der Waals surface area contributed by atoms with Crippen LogP contribution in [0.2, 0.25) is 0 Å². The molecule has 100 valence electrons. The maximum absolute atomic E-state index is 4.30. The molecular formula is C14H17BrN4. The van der Waals surface area contributed by atoms with Gasteiger partial charge in [0, 0.05) is 16.6 Å². The standard InChI is InChI=1S/C14H17BrN4/c1-4-16-13-10(3)14(18-8-17-13)19-12-7-9(2)5-6-11(12)15/h5-8H,4H2,1-3H3,(H2,16,17,18,19). The topological polar surface area (TPSA) is 49.8 Å². The minimum absolute atomic E-state index is 0.817. The molecule has 0 amide bonds. The predicted octanol–water partition coefficient (Wildman–Crippen LogP) is 4.03. The van der Waals surface area contributed by atoms with Crippen molar-refractivity contribution in [3.63, 3.8) is 0 Å². The van der Waals surface area contributed by atoms with Crippen molar-refractivity contribution in [1.29, 1.82) is 0 Å². The Morgan fingerprint density at radius 1 is 1.16 bits per heavy atom. The van der Waals surface area contributed by atoms with Crippen molar-refractivity contribution in [2.24, 2.45) is 0 Å². The van der Waals surface area contributed by atoms with Gasteiger partial charge in [-0.3, -0.25) is 0 Å². The van der Waals surface area contributed by atoms with E-state index >= 15 is 0 Å². The first-order valence-electron chi connectivity index (χ1n) is 6.20. The molecule has 0 saturated carbocycles. The number of hydrogen-bond donors (Lipinski definition) is 2. The molecule has 0 atom stereocenters. The molecule has 4 nitrogen and oxygen atoms in total. The Labute approximate surface area is 121 Å². The second-order valence-electron chi connectivity index (χ2n) is 4.33. The Morgan fingerprint density at radius 2 is 1.89 bits per heavy atom. The smallest absolute Gasteiger partial charge is 0.138 e. The molecule has 0 saturated heterocycles. The van der Waals surface area contributed by atoms with Crippen LogP contribution in [0.4, 0.5) is 17.3 Å². The highest BCUT2D eigenvalue weighted by atomic mass is 79.9. The molecule has 1 heterocycles. The van der Waals surface area contributed by atoms with Gasteiger partial charge >= 0.3 is 0 Å². The van der Waals surface area contributed by atoms with Crippen LogP contribution < -0.4 is 10.6 Å². The maximum Gasteiger partial charge on any atom is 0.138 e. The first-order valence-corrected chi connectivity index (χ1v) is 6.99. The summed E-state index contributed by atoms with van der Waals surface area (Å²) in [5, 5.41) is 6.57. The van der Waals surface area contributed by atoms with E-state index in [1.54, 1.807) is 6.33 Å². The molecule has 1 aromatic carbocycles. The van der Waals surface area contributed by atoms with Gasteiger partial charge in [0.05, 0.1) is 5.69 Å². The zero-order valence-electron chi connectivity index (χ0n) is 11.3. The molecular weight excluding hydrogens is 304 g/mol. The molecule has 0 unspecified atom stereocenters. The molecule has 2 aromatic rings. The van der Waals surface area contributed by atoms with Gasteiger partial charge in [-0.1, -0.05) is 6.07 Å². The van der Waals surface area contributed by atoms with E-state index in [1.165, 1.54) is 5.56 Å². The number of aryl methyl sites for hydroxylation is 1. The summed E-state index contributed by atoms with van der Waals surface area (Å²) < 4.78 is 1.01. The van der Waals surface area contributed by atoms with Crippen LogP contribution in [-0.4, -0.2) is 16.5 Å². The van der Waals surface area contributed by atoms with E-state index in [0.29, 0.717) is 0 Å². The van der Waals surface area contributed by atoms with Crippen LogP contribution in [0.25, 0.3) is 0 Å². The number of nitrogens with one attached hydrogen (secondary N) is 2. The first-order chi connectivity index (χ1) is 9.11. The summed E-state index contributed by atoms with van der Waals surface area (Å²) in [5.74, 6) is 1.68. The van der Waals surface area contributed by atoms with Crippen molar-refractivity contribution in [1.82, 2.24) is 9.97 Å². The zero-order chi connectivity index (χ0) is 13.8. The van der Waals surface area contributed by atoms with Crippen molar-refractivity contribution in [2.75, 3.05) is 17.2 Å². The van der Waals surface area contributed by atoms with E-state index in [0.717, 1.165) is 33.9 Å². The summed E-state index contributed by atoms with van der Waals surface area (Å²) in [6.07, 6.45) is 1.57. The summed E-state index contributed by atoms with van der Waals surface area (Å²) in [7, 11) is 0. The van der Waals surface area contributed by atoms with Gasteiger partial charge in [-0.2, -0.15) is 0 Å². The van der Waals surface area contributed by atoms with Crippen LogP contribution >= 0.6 is 15.9 Å². The SMILES string of the molecule is CCNc1ncnc(Nc2cc(C)ccc2Br)c1C. The van der Waals surface area contributed by atoms with Gasteiger partial charge in [-0.15, -0.1) is 0 Å². The quantitative estimate of drug-likeness (QED) is 0.892. The van der Waals surface area contributed by atoms with Crippen molar-refractivity contribution >= 4 is 33.3 Å². The van der Waals surface area contributed by atoms with Crippen LogP contribution in [0.5, 0.6) is 0 Å². The first kappa shape index (κ1) is 13.8. The van der Waals surface area contributed by atoms with Crippen LogP contribution in [0, 0.1) is 13.8 Å². The Bertz CT molecular complexity index is 584. The third kappa shape index (κ3) is 3.23. The molecule has 5 heteroatoms. The molecule has 19 heavy (non-hydrogen) atoms. The summed E-state index contributed by atoms with van der Waals surface area (Å²) in [4.78, 5) is 8.54. The van der Waals surface area contributed by atoms with Gasteiger partial charge in [0.25, 0.3) is 0 Å². The highest BCUT2D eigenvalue weighted by Gasteiger charge is 2.08. The Hall–Kier alpha value is -1.62. The average Bonchev–Trinajstić information content (AvgIpc) is 2.39. The number of benzene rings is 1. The highest BCUT2D eigenvalue weighted by Crippen LogP contribution is 2.28. The van der Waals surface area contributed by atoms with Crippen LogP contribution in [0.3, 0.4) is 0 Å². The fraction of sp³-hybridized carbons (Fsp3) is 0.286. The van der Waals surface area contributed by atoms with Gasteiger partial charge in [-0.25, -0.2) is 9.97 Å². The van der Waals surface area contributed by atoms with Gasteiger partial charge in [0.2, 0.25) is 0 Å². The van der Waals surface area contributed by atoms with Crippen LogP contribution in [0.1, 0.15) is 18.1 Å². The van der Waals surface area contributed by atoms with E-state index in [4.69, 9.17) is 0 Å². The molecule has 0 aliphatic carbocycles. The lowest BCUT2D eigenvalue weighted by molar-refractivity contribution is 1.08. The summed E-state index contributed by atoms with van der Waals surface area (Å²) in [6, 6.07) is 6.17. The molecule has 0 radical (unpaired) electrons. The van der Waals surface area contributed by atoms with E-state index < -0.39 is 0 Å². The summed E-state index contributed by atoms with van der Waals surface area (Å²) in [6.45, 7) is 6.95. The van der Waals surface area contributed by atoms with Gasteiger partial charge < -0.3 is 10.6 Å². The van der Waals surface area contributed by atoms with E-state index in [2.05, 4.69) is 55.6 Å². The van der Waals surface area contributed by atoms with Crippen LogP contribution in [-0.2, 0) is 0 Å². The molecule has 0 aliphatic heterocycles. The zero-order valence-corrected chi connectivity index (χ0v) is 12.9. The number of rotatable bonds is 4. The summed E-state index contributed by atoms with van der Waals surface area (Å²) >= 11 is 3.54. The fourth-order valence-electron chi connectivity index (χ4n) is 1.78. The largest absolute Gasteiger partial charge is 0.370 e. The van der Waals surface area contributed by atoms with E-state index in [1.807, 2.05) is 19.9 Å². The van der Waals surface area contributed by atoms with Gasteiger partial charge in [0.15, 0.2) is 0 Å². The van der Waals surface area contributed by atoms with E-state index in [9.17, 15) is 0 Å². The number of aromatic nitrogens is 2. The second-order valence-corrected chi connectivity index (χ2v) is 5.19. The lowest BCUT2D eigenvalue weighted by Gasteiger charge is -2.13. The van der Waals surface area contributed by atoms with Gasteiger partial charge in [-0.05, 0) is 54.4 Å². The third-order valence-corrected chi connectivity index (χ3v) is 3.49. The minimum atomic E-state index is 0.817. The van der Waals surface area contributed by atoms with Crippen molar-refractivity contribution < 1.29 is 0 Å². The average molecular weight is 321 g/mol. The molecule has 1 aromatic heterocycles. The second kappa shape index (κ2) is 6.02. The number of nitrogens with zero attached hydrogens (tertiary/aromatic N) is 2. The van der Waals surface area contributed by atoms with Crippen molar-refractivity contribution in [3.8, 4) is 0 Å². The Morgan fingerprint density at radius 3 is 2.63 bits per heavy atom. The predicted molar refractivity (Wildman–Crippen MR) is 83.1 cm³/mol. The normalized spacial score (nSPS) is 10.3. The monoisotopic (exact) mass is 320 g/mol. The third-order valence-electron chi connectivity index (χ3n) is 2.80. The lowest BCUT2D eigenvalue weighted by atomic mass is 10.2. The van der Waals surface area contributed by atoms with Crippen molar-refractivity contribution in [2.45, 2.75) is 20.8 Å². The van der Waals surface area contributed by atoms with Crippen LogP contribution in [0.15, 0.2) is 29.0 Å². The molecule has 0 spiro atoms. The fourth-order valence-corrected chi connectivity index (χ4v) is 2.13. The molecule has 0 bridgehead atoms. The Balaban J connectivity index is 2.33.